The highest BCUT2D eigenvalue weighted by molar-refractivity contribution is 5.75. The Labute approximate surface area is 150 Å². The quantitative estimate of drug-likeness (QED) is 0.895. The van der Waals surface area contributed by atoms with Crippen LogP contribution in [0.15, 0.2) is 27.6 Å². The number of hydrogen-bond donors (Lipinski definition) is 1. The van der Waals surface area contributed by atoms with Gasteiger partial charge in [-0.2, -0.15) is 5.10 Å². The number of hydrogen-bond acceptors (Lipinski definition) is 4. The highest BCUT2D eigenvalue weighted by Gasteiger charge is 2.41. The van der Waals surface area contributed by atoms with Gasteiger partial charge in [0.25, 0.3) is 0 Å². The number of amides is 2. The molecular formula is C18H23N5O3. The van der Waals surface area contributed by atoms with E-state index < -0.39 is 0 Å². The van der Waals surface area contributed by atoms with E-state index in [1.165, 1.54) is 12.8 Å². The number of carbonyl (C=O) groups excluding carboxylic acids is 1. The Balaban J connectivity index is 1.33. The average molecular weight is 357 g/mol. The van der Waals surface area contributed by atoms with Gasteiger partial charge in [-0.15, -0.1) is 0 Å². The first-order valence-electron chi connectivity index (χ1n) is 9.44. The molecule has 1 saturated heterocycles. The summed E-state index contributed by atoms with van der Waals surface area (Å²) in [5.74, 6) is 2.18. The molecule has 3 aliphatic rings. The number of fused-ring (bicyclic) bond motifs is 3. The number of aromatic nitrogens is 3. The lowest BCUT2D eigenvalue weighted by Crippen LogP contribution is -2.47. The molecule has 1 aliphatic carbocycles. The van der Waals surface area contributed by atoms with E-state index in [1.54, 1.807) is 15.5 Å². The van der Waals surface area contributed by atoms with Gasteiger partial charge in [0, 0.05) is 25.6 Å². The van der Waals surface area contributed by atoms with Gasteiger partial charge in [-0.3, -0.25) is 4.57 Å². The maximum atomic E-state index is 12.7. The van der Waals surface area contributed by atoms with Crippen molar-refractivity contribution in [1.29, 1.82) is 0 Å². The first-order valence-corrected chi connectivity index (χ1v) is 9.44. The largest absolute Gasteiger partial charge is 0.467 e. The molecule has 2 aliphatic heterocycles. The first-order chi connectivity index (χ1) is 12.7. The minimum Gasteiger partial charge on any atom is -0.467 e. The van der Waals surface area contributed by atoms with Crippen LogP contribution in [0.25, 0.3) is 0 Å². The van der Waals surface area contributed by atoms with Crippen LogP contribution in [0, 0.1) is 5.92 Å². The van der Waals surface area contributed by atoms with Gasteiger partial charge in [-0.1, -0.05) is 0 Å². The molecule has 138 valence electrons. The van der Waals surface area contributed by atoms with Gasteiger partial charge in [-0.05, 0) is 43.7 Å². The molecule has 2 aromatic heterocycles. The molecule has 0 radical (unpaired) electrons. The number of urea groups is 1. The van der Waals surface area contributed by atoms with Crippen molar-refractivity contribution in [1.82, 2.24) is 24.6 Å². The lowest BCUT2D eigenvalue weighted by atomic mass is 10.1. The van der Waals surface area contributed by atoms with Crippen LogP contribution in [-0.4, -0.2) is 37.4 Å². The molecule has 2 aromatic rings. The van der Waals surface area contributed by atoms with E-state index in [-0.39, 0.29) is 23.8 Å². The molecule has 2 fully saturated rings. The number of nitrogens with zero attached hydrogens (tertiary/aromatic N) is 4. The van der Waals surface area contributed by atoms with E-state index in [0.29, 0.717) is 25.4 Å². The molecule has 5 rings (SSSR count). The predicted molar refractivity (Wildman–Crippen MR) is 92.5 cm³/mol. The Hall–Kier alpha value is -2.51. The summed E-state index contributed by atoms with van der Waals surface area (Å²) in [5, 5.41) is 7.53. The normalized spacial score (nSPS) is 24.4. The number of rotatable bonds is 4. The zero-order valence-electron chi connectivity index (χ0n) is 14.6. The van der Waals surface area contributed by atoms with Crippen LogP contribution in [0.3, 0.4) is 0 Å². The van der Waals surface area contributed by atoms with Crippen molar-refractivity contribution in [3.8, 4) is 0 Å². The molecule has 2 atom stereocenters. The van der Waals surface area contributed by atoms with Crippen molar-refractivity contribution in [3.63, 3.8) is 0 Å². The fourth-order valence-electron chi connectivity index (χ4n) is 4.25. The SMILES string of the molecule is O=C(NCc1ccco1)N1[C@@H]2CC[C@H]1Cc1nn(CC3CC3)c(=O)n1C2. The molecule has 4 heterocycles. The van der Waals surface area contributed by atoms with E-state index >= 15 is 0 Å². The van der Waals surface area contributed by atoms with E-state index in [9.17, 15) is 9.59 Å². The van der Waals surface area contributed by atoms with Crippen molar-refractivity contribution in [2.45, 2.75) is 63.8 Å². The number of carbonyl (C=O) groups is 1. The van der Waals surface area contributed by atoms with Crippen LogP contribution in [0.1, 0.15) is 37.3 Å². The third-order valence-corrected chi connectivity index (χ3v) is 5.79. The van der Waals surface area contributed by atoms with Crippen molar-refractivity contribution in [3.05, 3.63) is 40.5 Å². The minimum atomic E-state index is -0.0852. The van der Waals surface area contributed by atoms with Gasteiger partial charge in [0.05, 0.1) is 18.8 Å². The van der Waals surface area contributed by atoms with Gasteiger partial charge >= 0.3 is 11.7 Å². The summed E-state index contributed by atoms with van der Waals surface area (Å²) >= 11 is 0. The van der Waals surface area contributed by atoms with Crippen LogP contribution >= 0.6 is 0 Å². The third kappa shape index (κ3) is 2.73. The van der Waals surface area contributed by atoms with E-state index in [4.69, 9.17) is 4.42 Å². The highest BCUT2D eigenvalue weighted by atomic mass is 16.3. The van der Waals surface area contributed by atoms with Gasteiger partial charge in [-0.25, -0.2) is 14.3 Å². The number of nitrogens with one attached hydrogen (secondary N) is 1. The molecule has 26 heavy (non-hydrogen) atoms. The zero-order valence-corrected chi connectivity index (χ0v) is 14.6. The molecule has 0 spiro atoms. The van der Waals surface area contributed by atoms with Crippen molar-refractivity contribution in [2.24, 2.45) is 5.92 Å². The minimum absolute atomic E-state index is 0.0182. The second kappa shape index (κ2) is 6.03. The Bertz CT molecular complexity index is 864. The lowest BCUT2D eigenvalue weighted by Gasteiger charge is -2.27. The Morgan fingerprint density at radius 2 is 2.12 bits per heavy atom. The van der Waals surface area contributed by atoms with Crippen molar-refractivity contribution >= 4 is 6.03 Å². The maximum Gasteiger partial charge on any atom is 0.345 e. The van der Waals surface area contributed by atoms with Crippen molar-refractivity contribution in [2.75, 3.05) is 0 Å². The van der Waals surface area contributed by atoms with Crippen LogP contribution in [0.4, 0.5) is 4.79 Å². The standard InChI is InChI=1S/C18H23N5O3/c24-17(19-9-15-2-1-7-26-15)23-13-5-6-14(23)11-21-16(8-13)20-22(18(21)25)10-12-3-4-12/h1-2,7,12-14H,3-6,8-11H2,(H,19,24)/t13-,14+/m0/s1. The summed E-state index contributed by atoms with van der Waals surface area (Å²) in [7, 11) is 0. The summed E-state index contributed by atoms with van der Waals surface area (Å²) in [6.45, 7) is 1.66. The van der Waals surface area contributed by atoms with Crippen molar-refractivity contribution < 1.29 is 9.21 Å². The Morgan fingerprint density at radius 3 is 2.88 bits per heavy atom. The molecule has 1 saturated carbocycles. The molecule has 2 amide bonds. The second-order valence-corrected chi connectivity index (χ2v) is 7.67. The summed E-state index contributed by atoms with van der Waals surface area (Å²) in [4.78, 5) is 27.4. The predicted octanol–water partition coefficient (Wildman–Crippen LogP) is 1.35. The first kappa shape index (κ1) is 15.7. The monoisotopic (exact) mass is 357 g/mol. The molecule has 1 N–H and O–H groups in total. The van der Waals surface area contributed by atoms with Gasteiger partial charge in [0.1, 0.15) is 11.6 Å². The summed E-state index contributed by atoms with van der Waals surface area (Å²) in [5.41, 5.74) is -0.0182. The summed E-state index contributed by atoms with van der Waals surface area (Å²) in [6, 6.07) is 3.72. The van der Waals surface area contributed by atoms with Gasteiger partial charge in [0.15, 0.2) is 0 Å². The van der Waals surface area contributed by atoms with Gasteiger partial charge < -0.3 is 14.6 Å². The topological polar surface area (TPSA) is 85.3 Å². The molecular weight excluding hydrogens is 334 g/mol. The van der Waals surface area contributed by atoms with Crippen LogP contribution in [-0.2, 0) is 26.1 Å². The number of furan rings is 1. The highest BCUT2D eigenvalue weighted by Crippen LogP contribution is 2.32. The summed E-state index contributed by atoms with van der Waals surface area (Å²) < 4.78 is 8.71. The van der Waals surface area contributed by atoms with Crippen LogP contribution in [0.2, 0.25) is 0 Å². The summed E-state index contributed by atoms with van der Waals surface area (Å²) in [6.07, 6.45) is 6.54. The Morgan fingerprint density at radius 1 is 1.27 bits per heavy atom. The molecule has 2 bridgehead atoms. The van der Waals surface area contributed by atoms with Crippen LogP contribution < -0.4 is 11.0 Å². The second-order valence-electron chi connectivity index (χ2n) is 7.67. The van der Waals surface area contributed by atoms with Gasteiger partial charge in [0.2, 0.25) is 0 Å². The fourth-order valence-corrected chi connectivity index (χ4v) is 4.25. The average Bonchev–Trinajstić information content (AvgIpc) is 3.05. The maximum absolute atomic E-state index is 12.7. The fraction of sp³-hybridized carbons (Fsp3) is 0.611. The molecule has 8 nitrogen and oxygen atoms in total. The Kier molecular flexibility index (Phi) is 3.65. The van der Waals surface area contributed by atoms with E-state index in [2.05, 4.69) is 10.4 Å². The van der Waals surface area contributed by atoms with E-state index in [0.717, 1.165) is 31.0 Å². The lowest BCUT2D eigenvalue weighted by molar-refractivity contribution is 0.169. The van der Waals surface area contributed by atoms with E-state index in [1.807, 2.05) is 17.0 Å². The third-order valence-electron chi connectivity index (χ3n) is 5.79. The molecule has 0 aromatic carbocycles. The zero-order chi connectivity index (χ0) is 17.7. The molecule has 0 unspecified atom stereocenters. The molecule has 8 heteroatoms. The van der Waals surface area contributed by atoms with Crippen LogP contribution in [0.5, 0.6) is 0 Å². The smallest absolute Gasteiger partial charge is 0.345 e.